The highest BCUT2D eigenvalue weighted by molar-refractivity contribution is 6.65. The monoisotopic (exact) mass is 757 g/mol. The minimum Gasteiger partial charge on any atom is -0.351 e. The zero-order valence-electron chi connectivity index (χ0n) is 33.0. The second-order valence-corrected chi connectivity index (χ2v) is 19.5. The molecule has 0 bridgehead atoms. The predicted octanol–water partition coefficient (Wildman–Crippen LogP) is 5.33. The second-order valence-electron chi connectivity index (χ2n) is 19.5. The highest BCUT2D eigenvalue weighted by atomic mass is 15.5. The first-order valence-corrected chi connectivity index (χ1v) is 22.9. The summed E-state index contributed by atoms with van der Waals surface area (Å²) in [5.41, 5.74) is 7.49. The van der Waals surface area contributed by atoms with E-state index in [4.69, 9.17) is 4.98 Å². The molecule has 7 fully saturated rings. The first-order chi connectivity index (χ1) is 28.3. The van der Waals surface area contributed by atoms with E-state index in [1.807, 2.05) is 0 Å². The maximum Gasteiger partial charge on any atom is 0.159 e. The molecule has 2 aliphatic carbocycles. The van der Waals surface area contributed by atoms with Crippen molar-refractivity contribution in [3.63, 3.8) is 0 Å². The van der Waals surface area contributed by atoms with E-state index >= 15 is 0 Å². The summed E-state index contributed by atoms with van der Waals surface area (Å²) >= 11 is 0. The van der Waals surface area contributed by atoms with Crippen LogP contribution in [0.5, 0.6) is 0 Å². The summed E-state index contributed by atoms with van der Waals surface area (Å²) in [5, 5.41) is 16.7. The lowest BCUT2D eigenvalue weighted by Gasteiger charge is -2.68. The molecule has 2 aromatic carbocycles. The Labute approximate surface area is 337 Å². The van der Waals surface area contributed by atoms with E-state index < -0.39 is 0 Å². The van der Waals surface area contributed by atoms with Gasteiger partial charge < -0.3 is 35.6 Å². The van der Waals surface area contributed by atoms with Gasteiger partial charge in [-0.15, -0.1) is 0 Å². The largest absolute Gasteiger partial charge is 0.351 e. The van der Waals surface area contributed by atoms with Crippen molar-refractivity contribution >= 4 is 18.1 Å². The van der Waals surface area contributed by atoms with Crippen LogP contribution in [0.2, 0.25) is 17.5 Å². The predicted molar refractivity (Wildman–Crippen MR) is 226 cm³/mol. The number of pyridine rings is 1. The summed E-state index contributed by atoms with van der Waals surface area (Å²) in [5.74, 6) is 6.26. The van der Waals surface area contributed by atoms with Gasteiger partial charge >= 0.3 is 0 Å². The van der Waals surface area contributed by atoms with Crippen molar-refractivity contribution in [2.75, 3.05) is 36.0 Å². The van der Waals surface area contributed by atoms with E-state index in [2.05, 4.69) is 126 Å². The van der Waals surface area contributed by atoms with Crippen LogP contribution in [0.1, 0.15) is 63.0 Å². The Bertz CT molecular complexity index is 2000. The van der Waals surface area contributed by atoms with E-state index in [1.165, 1.54) is 74.3 Å². The van der Waals surface area contributed by atoms with Crippen LogP contribution in [-0.2, 0) is 0 Å². The van der Waals surface area contributed by atoms with Crippen LogP contribution >= 0.6 is 0 Å². The molecule has 14 unspecified atom stereocenters. The Kier molecular flexibility index (Phi) is 7.16. The van der Waals surface area contributed by atoms with Gasteiger partial charge in [0.2, 0.25) is 0 Å². The first kappa shape index (κ1) is 33.1. The molecule has 57 heavy (non-hydrogen) atoms. The molecule has 3 aromatic rings. The number of piperidine rings is 2. The second kappa shape index (κ2) is 12.4. The van der Waals surface area contributed by atoms with Crippen LogP contribution in [0.4, 0.5) is 11.4 Å². The van der Waals surface area contributed by atoms with E-state index in [0.717, 1.165) is 32.9 Å². The molecule has 1 aromatic heterocycles. The number of benzene rings is 2. The lowest BCUT2D eigenvalue weighted by molar-refractivity contribution is 0.0182. The summed E-state index contributed by atoms with van der Waals surface area (Å²) in [6.45, 7) is 5.05. The lowest BCUT2D eigenvalue weighted by Crippen LogP contribution is -2.76. The zero-order chi connectivity index (χ0) is 36.9. The summed E-state index contributed by atoms with van der Waals surface area (Å²) in [6, 6.07) is 33.4. The molecule has 0 amide bonds. The summed E-state index contributed by atoms with van der Waals surface area (Å²) < 4.78 is 0. The minimum atomic E-state index is 0.228. The van der Waals surface area contributed by atoms with Crippen molar-refractivity contribution in [2.45, 2.75) is 129 Å². The van der Waals surface area contributed by atoms with Gasteiger partial charge in [0.15, 0.2) is 6.71 Å². The molecule has 292 valence electrons. The van der Waals surface area contributed by atoms with Crippen LogP contribution < -0.4 is 31.1 Å². The molecule has 10 heterocycles. The number of hydrogen-bond acceptors (Lipinski definition) is 9. The van der Waals surface area contributed by atoms with Gasteiger partial charge in [-0.25, -0.2) is 0 Å². The number of anilines is 2. The smallest absolute Gasteiger partial charge is 0.159 e. The fourth-order valence-electron chi connectivity index (χ4n) is 16.1. The van der Waals surface area contributed by atoms with Crippen LogP contribution in [-0.4, -0.2) is 102 Å². The maximum absolute atomic E-state index is 5.18. The summed E-state index contributed by atoms with van der Waals surface area (Å²) in [4.78, 5) is 17.1. The van der Waals surface area contributed by atoms with Gasteiger partial charge in [0.25, 0.3) is 0 Å². The third-order valence-electron chi connectivity index (χ3n) is 17.5. The van der Waals surface area contributed by atoms with Gasteiger partial charge in [-0.1, -0.05) is 55.3 Å². The average Bonchev–Trinajstić information content (AvgIpc) is 4.00. The van der Waals surface area contributed by atoms with Crippen molar-refractivity contribution in [1.82, 2.24) is 36.1 Å². The standard InChI is InChI=1S/C47H56BN9/c1-3-11-28(12-4-1)54-34-17-8-7-15-30(34)37-40-43-31(18-21-50-40)48-32-19-22-51-41-38-42-45(53-24-23-52-42)55(29-13-5-2-6-14-29)47(38)57(44(32)41)36-26-27(33-16-9-10-20-49-33)25-35(39(36)48)56(43)46(37)54/h1-6,9-14,16,20,27,30-32,34-36,39-45,50-53H,7-8,15,17-19,21-26H2. The molecular weight excluding hydrogens is 701 g/mol. The third-order valence-corrected chi connectivity index (χ3v) is 17.5. The Hall–Kier alpha value is -3.83. The number of fused-ring (bicyclic) bond motifs is 12. The minimum absolute atomic E-state index is 0.228. The van der Waals surface area contributed by atoms with Crippen LogP contribution in [0.25, 0.3) is 0 Å². The molecule has 9 aliphatic heterocycles. The van der Waals surface area contributed by atoms with Crippen LogP contribution in [0.15, 0.2) is 108 Å². The third kappa shape index (κ3) is 4.33. The van der Waals surface area contributed by atoms with Crippen molar-refractivity contribution in [1.29, 1.82) is 0 Å². The number of hydrogen-bond donors (Lipinski definition) is 4. The fourth-order valence-corrected chi connectivity index (χ4v) is 16.1. The number of piperazine rings is 1. The molecule has 0 radical (unpaired) electrons. The first-order valence-electron chi connectivity index (χ1n) is 22.9. The van der Waals surface area contributed by atoms with Crippen molar-refractivity contribution < 1.29 is 0 Å². The quantitative estimate of drug-likeness (QED) is 0.266. The number of rotatable bonds is 3. The zero-order valence-corrected chi connectivity index (χ0v) is 33.0. The van der Waals surface area contributed by atoms with E-state index in [9.17, 15) is 0 Å². The number of nitrogens with one attached hydrogen (secondary N) is 4. The Morgan fingerprint density at radius 3 is 1.88 bits per heavy atom. The molecule has 10 heteroatoms. The molecule has 14 atom stereocenters. The summed E-state index contributed by atoms with van der Waals surface area (Å²) in [6.07, 6.45) is 12.6. The Balaban J connectivity index is 0.975. The van der Waals surface area contributed by atoms with Gasteiger partial charge in [0, 0.05) is 84.0 Å². The fraction of sp³-hybridized carbons (Fsp3) is 0.553. The van der Waals surface area contributed by atoms with E-state index in [-0.39, 0.29) is 6.17 Å². The molecule has 2 saturated carbocycles. The number of aromatic nitrogens is 1. The molecule has 9 nitrogen and oxygen atoms in total. The normalized spacial score (nSPS) is 42.0. The highest BCUT2D eigenvalue weighted by Gasteiger charge is 2.72. The van der Waals surface area contributed by atoms with Gasteiger partial charge in [-0.3, -0.25) is 10.3 Å². The molecule has 4 N–H and O–H groups in total. The van der Waals surface area contributed by atoms with E-state index in [1.54, 1.807) is 17.0 Å². The van der Waals surface area contributed by atoms with Crippen molar-refractivity contribution in [3.8, 4) is 0 Å². The highest BCUT2D eigenvalue weighted by Crippen LogP contribution is 2.67. The Morgan fingerprint density at radius 1 is 0.561 bits per heavy atom. The van der Waals surface area contributed by atoms with Gasteiger partial charge in [-0.05, 0) is 111 Å². The topological polar surface area (TPSA) is 74.0 Å². The van der Waals surface area contributed by atoms with E-state index in [0.29, 0.717) is 77.6 Å². The molecule has 14 rings (SSSR count). The number of para-hydroxylation sites is 2. The maximum atomic E-state index is 5.18. The van der Waals surface area contributed by atoms with Crippen LogP contribution in [0, 0.1) is 5.92 Å². The summed E-state index contributed by atoms with van der Waals surface area (Å²) in [7, 11) is 0. The molecule has 11 aliphatic rings. The lowest BCUT2D eigenvalue weighted by atomic mass is 9.19. The molecule has 0 spiro atoms. The Morgan fingerprint density at radius 2 is 1.18 bits per heavy atom. The SMILES string of the molecule is c1ccc(N2C3=C(C4CCCCC42)C2NCCC4B5C6CCNC7C8=C(N(c9ccccc9)C9NCCNC89)N(C8CC(c9ccccn9)CC(C58)N3C42)C67)cc1. The molecule has 5 saturated heterocycles. The van der Waals surface area contributed by atoms with Crippen LogP contribution in [0.3, 0.4) is 0 Å². The van der Waals surface area contributed by atoms with Gasteiger partial charge in [-0.2, -0.15) is 0 Å². The van der Waals surface area contributed by atoms with Crippen molar-refractivity contribution in [3.05, 3.63) is 114 Å². The molecular formula is C47H56BN9. The van der Waals surface area contributed by atoms with Gasteiger partial charge in [0.1, 0.15) is 17.8 Å². The average molecular weight is 758 g/mol. The van der Waals surface area contributed by atoms with Crippen molar-refractivity contribution in [2.24, 2.45) is 5.92 Å². The number of nitrogens with zero attached hydrogens (tertiary/aromatic N) is 5. The van der Waals surface area contributed by atoms with Gasteiger partial charge in [0.05, 0.1) is 18.1 Å².